The topological polar surface area (TPSA) is 84.0 Å². The highest BCUT2D eigenvalue weighted by atomic mass is 32.2. The van der Waals surface area contributed by atoms with Gasteiger partial charge in [-0.1, -0.05) is 18.9 Å². The van der Waals surface area contributed by atoms with Crippen molar-refractivity contribution in [3.8, 4) is 0 Å². The summed E-state index contributed by atoms with van der Waals surface area (Å²) in [5.41, 5.74) is 0.737. The number of esters is 1. The van der Waals surface area contributed by atoms with Gasteiger partial charge >= 0.3 is 5.97 Å². The van der Waals surface area contributed by atoms with Gasteiger partial charge in [-0.05, 0) is 44.4 Å². The van der Waals surface area contributed by atoms with E-state index in [1.54, 1.807) is 24.8 Å². The zero-order chi connectivity index (χ0) is 20.2. The van der Waals surface area contributed by atoms with Crippen molar-refractivity contribution in [1.29, 1.82) is 0 Å². The van der Waals surface area contributed by atoms with Gasteiger partial charge in [-0.2, -0.15) is 0 Å². The van der Waals surface area contributed by atoms with E-state index in [9.17, 15) is 18.0 Å². The van der Waals surface area contributed by atoms with Crippen LogP contribution in [0.2, 0.25) is 0 Å². The first-order chi connectivity index (χ1) is 12.6. The van der Waals surface area contributed by atoms with E-state index in [1.807, 2.05) is 0 Å². The summed E-state index contributed by atoms with van der Waals surface area (Å²) in [5, 5.41) is 0. The first-order valence-electron chi connectivity index (χ1n) is 9.17. The Bertz CT molecular complexity index is 796. The maximum atomic E-state index is 12.6. The van der Waals surface area contributed by atoms with Crippen LogP contribution in [0.4, 0.5) is 0 Å². The number of ether oxygens (including phenoxy) is 1. The molecular weight excluding hydrogens is 368 g/mol. The molecule has 27 heavy (non-hydrogen) atoms. The van der Waals surface area contributed by atoms with E-state index in [4.69, 9.17) is 4.74 Å². The maximum Gasteiger partial charge on any atom is 0.339 e. The van der Waals surface area contributed by atoms with Gasteiger partial charge in [0.05, 0.1) is 10.5 Å². The number of likely N-dealkylation sites (tertiary alicyclic amines) is 1. The summed E-state index contributed by atoms with van der Waals surface area (Å²) < 4.78 is 31.0. The minimum Gasteiger partial charge on any atom is -0.449 e. The van der Waals surface area contributed by atoms with Crippen molar-refractivity contribution >= 4 is 21.9 Å². The van der Waals surface area contributed by atoms with Crippen LogP contribution in [-0.4, -0.2) is 62.8 Å². The summed E-state index contributed by atoms with van der Waals surface area (Å²) in [6, 6.07) is 4.32. The molecule has 1 aromatic carbocycles. The monoisotopic (exact) mass is 396 g/mol. The lowest BCUT2D eigenvalue weighted by molar-refractivity contribution is -0.139. The highest BCUT2D eigenvalue weighted by molar-refractivity contribution is 7.89. The molecule has 0 aliphatic carbocycles. The van der Waals surface area contributed by atoms with Crippen LogP contribution in [-0.2, 0) is 19.6 Å². The van der Waals surface area contributed by atoms with Gasteiger partial charge in [0.1, 0.15) is 0 Å². The molecule has 1 atom stereocenters. The van der Waals surface area contributed by atoms with Crippen LogP contribution in [0, 0.1) is 6.92 Å². The molecule has 0 radical (unpaired) electrons. The fraction of sp³-hybridized carbons (Fsp3) is 0.579. The van der Waals surface area contributed by atoms with E-state index in [0.29, 0.717) is 18.7 Å². The number of rotatable bonds is 5. The number of hydrogen-bond acceptors (Lipinski definition) is 5. The fourth-order valence-corrected chi connectivity index (χ4v) is 3.94. The SMILES string of the molecule is Cc1ccc(S(=O)(=O)N(C)C)cc1C(=O)O[C@@H](C)C(=O)N1CCCCCC1. The zero-order valence-electron chi connectivity index (χ0n) is 16.4. The molecular formula is C19H28N2O5S. The first-order valence-corrected chi connectivity index (χ1v) is 10.6. The summed E-state index contributed by atoms with van der Waals surface area (Å²) in [4.78, 5) is 26.9. The third kappa shape index (κ3) is 5.07. The van der Waals surface area contributed by atoms with E-state index >= 15 is 0 Å². The minimum absolute atomic E-state index is 0.0107. The van der Waals surface area contributed by atoms with Crippen molar-refractivity contribution in [2.75, 3.05) is 27.2 Å². The van der Waals surface area contributed by atoms with Crippen LogP contribution in [0.5, 0.6) is 0 Å². The van der Waals surface area contributed by atoms with E-state index < -0.39 is 22.1 Å². The van der Waals surface area contributed by atoms with Crippen LogP contribution >= 0.6 is 0 Å². The van der Waals surface area contributed by atoms with Crippen molar-refractivity contribution in [3.63, 3.8) is 0 Å². The Labute approximate surface area is 161 Å². The predicted octanol–water partition coefficient (Wildman–Crippen LogP) is 2.19. The van der Waals surface area contributed by atoms with Crippen molar-refractivity contribution in [3.05, 3.63) is 29.3 Å². The summed E-state index contributed by atoms with van der Waals surface area (Å²) in [6.07, 6.45) is 3.20. The van der Waals surface area contributed by atoms with Crippen molar-refractivity contribution in [1.82, 2.24) is 9.21 Å². The molecule has 0 spiro atoms. The number of hydrogen-bond donors (Lipinski definition) is 0. The smallest absolute Gasteiger partial charge is 0.339 e. The third-order valence-electron chi connectivity index (χ3n) is 4.76. The van der Waals surface area contributed by atoms with Gasteiger partial charge < -0.3 is 9.64 Å². The second-order valence-electron chi connectivity index (χ2n) is 7.05. The van der Waals surface area contributed by atoms with Crippen molar-refractivity contribution in [2.24, 2.45) is 0 Å². The van der Waals surface area contributed by atoms with Gasteiger partial charge in [-0.25, -0.2) is 17.5 Å². The van der Waals surface area contributed by atoms with Gasteiger partial charge in [0, 0.05) is 27.2 Å². The maximum absolute atomic E-state index is 12.6. The van der Waals surface area contributed by atoms with Crippen LogP contribution in [0.1, 0.15) is 48.5 Å². The molecule has 0 unspecified atom stereocenters. The van der Waals surface area contributed by atoms with E-state index in [0.717, 1.165) is 30.0 Å². The van der Waals surface area contributed by atoms with Crippen LogP contribution in [0.15, 0.2) is 23.1 Å². The molecule has 1 saturated heterocycles. The Kier molecular flexibility index (Phi) is 7.00. The molecule has 0 N–H and O–H groups in total. The first kappa shape index (κ1) is 21.4. The van der Waals surface area contributed by atoms with E-state index in [2.05, 4.69) is 0 Å². The summed E-state index contributed by atoms with van der Waals surface area (Å²) in [5.74, 6) is -0.904. The molecule has 0 bridgehead atoms. The Hall–Kier alpha value is -1.93. The second-order valence-corrected chi connectivity index (χ2v) is 9.20. The Morgan fingerprint density at radius 3 is 2.26 bits per heavy atom. The highest BCUT2D eigenvalue weighted by Gasteiger charge is 2.26. The summed E-state index contributed by atoms with van der Waals surface area (Å²) in [7, 11) is -0.814. The fourth-order valence-electron chi connectivity index (χ4n) is 3.01. The zero-order valence-corrected chi connectivity index (χ0v) is 17.2. The van der Waals surface area contributed by atoms with Gasteiger partial charge in [0.2, 0.25) is 10.0 Å². The molecule has 1 amide bonds. The molecule has 1 fully saturated rings. The Morgan fingerprint density at radius 1 is 1.11 bits per heavy atom. The summed E-state index contributed by atoms with van der Waals surface area (Å²) in [6.45, 7) is 4.61. The number of carbonyl (C=O) groups is 2. The number of nitrogens with zero attached hydrogens (tertiary/aromatic N) is 2. The largest absolute Gasteiger partial charge is 0.449 e. The molecule has 0 aromatic heterocycles. The minimum atomic E-state index is -3.67. The standard InChI is InChI=1S/C19H28N2O5S/c1-14-9-10-16(27(24,25)20(3)4)13-17(14)19(23)26-15(2)18(22)21-11-7-5-6-8-12-21/h9-10,13,15H,5-8,11-12H2,1-4H3/t15-/m0/s1. The van der Waals surface area contributed by atoms with Gasteiger partial charge in [-0.3, -0.25) is 4.79 Å². The molecule has 150 valence electrons. The average Bonchev–Trinajstić information content (AvgIpc) is 2.90. The van der Waals surface area contributed by atoms with Crippen LogP contribution in [0.3, 0.4) is 0 Å². The normalized spacial score (nSPS) is 16.7. The van der Waals surface area contributed by atoms with Crippen LogP contribution in [0.25, 0.3) is 0 Å². The predicted molar refractivity (Wildman–Crippen MR) is 102 cm³/mol. The van der Waals surface area contributed by atoms with Crippen molar-refractivity contribution in [2.45, 2.75) is 50.5 Å². The molecule has 8 heteroatoms. The molecule has 1 aromatic rings. The lowest BCUT2D eigenvalue weighted by Gasteiger charge is -2.24. The van der Waals surface area contributed by atoms with E-state index in [-0.39, 0.29) is 16.4 Å². The van der Waals surface area contributed by atoms with Crippen LogP contribution < -0.4 is 0 Å². The number of aryl methyl sites for hydroxylation is 1. The molecule has 1 heterocycles. The number of sulfonamides is 1. The Balaban J connectivity index is 2.16. The molecule has 0 saturated carbocycles. The number of benzene rings is 1. The number of amides is 1. The van der Waals surface area contributed by atoms with Gasteiger partial charge in [0.25, 0.3) is 5.91 Å². The highest BCUT2D eigenvalue weighted by Crippen LogP contribution is 2.20. The van der Waals surface area contributed by atoms with Gasteiger partial charge in [-0.15, -0.1) is 0 Å². The molecule has 2 rings (SSSR count). The third-order valence-corrected chi connectivity index (χ3v) is 6.57. The molecule has 1 aliphatic heterocycles. The molecule has 7 nitrogen and oxygen atoms in total. The van der Waals surface area contributed by atoms with E-state index in [1.165, 1.54) is 26.2 Å². The summed E-state index contributed by atoms with van der Waals surface area (Å²) >= 11 is 0. The quantitative estimate of drug-likeness (QED) is 0.713. The lowest BCUT2D eigenvalue weighted by atomic mass is 10.1. The molecule has 1 aliphatic rings. The Morgan fingerprint density at radius 2 is 1.70 bits per heavy atom. The number of carbonyl (C=O) groups excluding carboxylic acids is 2. The average molecular weight is 397 g/mol. The van der Waals surface area contributed by atoms with Crippen molar-refractivity contribution < 1.29 is 22.7 Å². The lowest BCUT2D eigenvalue weighted by Crippen LogP contribution is -2.40. The van der Waals surface area contributed by atoms with Gasteiger partial charge in [0.15, 0.2) is 6.10 Å². The second kappa shape index (κ2) is 8.84.